The Balaban J connectivity index is 2.03. The lowest BCUT2D eigenvalue weighted by molar-refractivity contribution is -0.136. The summed E-state index contributed by atoms with van der Waals surface area (Å²) in [7, 11) is 0. The average Bonchev–Trinajstić information content (AvgIpc) is 2.36. The fourth-order valence-electron chi connectivity index (χ4n) is 2.46. The van der Waals surface area contributed by atoms with Crippen LogP contribution in [0.1, 0.15) is 30.4 Å². The number of hydrogen-bond acceptors (Lipinski definition) is 2. The fraction of sp³-hybridized carbons (Fsp3) is 0.467. The minimum absolute atomic E-state index is 0.0538. The molecule has 4 nitrogen and oxygen atoms in total. The Morgan fingerprint density at radius 1 is 1.35 bits per heavy atom. The van der Waals surface area contributed by atoms with Gasteiger partial charge in [0.2, 0.25) is 11.8 Å². The number of amides is 2. The fourth-order valence-corrected chi connectivity index (χ4v) is 2.82. The molecule has 1 fully saturated rings. The zero-order chi connectivity index (χ0) is 14.7. The highest BCUT2D eigenvalue weighted by Gasteiger charge is 2.21. The molecule has 0 bridgehead atoms. The zero-order valence-electron chi connectivity index (χ0n) is 11.8. The van der Waals surface area contributed by atoms with Gasteiger partial charge in [-0.1, -0.05) is 17.7 Å². The van der Waals surface area contributed by atoms with E-state index in [1.54, 1.807) is 4.90 Å². The van der Waals surface area contributed by atoms with Crippen molar-refractivity contribution in [3.8, 4) is 0 Å². The lowest BCUT2D eigenvalue weighted by Gasteiger charge is -2.26. The summed E-state index contributed by atoms with van der Waals surface area (Å²) in [4.78, 5) is 25.3. The second-order valence-electron chi connectivity index (χ2n) is 5.26. The highest BCUT2D eigenvalue weighted by atomic mass is 35.5. The smallest absolute Gasteiger partial charge is 0.244 e. The van der Waals surface area contributed by atoms with Crippen LogP contribution in [-0.2, 0) is 9.59 Å². The molecule has 0 unspecified atom stereocenters. The third-order valence-corrected chi connectivity index (χ3v) is 3.75. The van der Waals surface area contributed by atoms with Gasteiger partial charge < -0.3 is 10.2 Å². The van der Waals surface area contributed by atoms with Crippen LogP contribution in [0.4, 0.5) is 5.69 Å². The molecular formula is C15H19ClN2O2. The van der Waals surface area contributed by atoms with Crippen molar-refractivity contribution in [3.63, 3.8) is 0 Å². The van der Waals surface area contributed by atoms with Gasteiger partial charge in [-0.3, -0.25) is 9.59 Å². The molecule has 1 saturated heterocycles. The molecule has 0 atom stereocenters. The Labute approximate surface area is 124 Å². The van der Waals surface area contributed by atoms with Gasteiger partial charge in [0.15, 0.2) is 0 Å². The summed E-state index contributed by atoms with van der Waals surface area (Å²) in [5.74, 6) is -0.146. The number of likely N-dealkylation sites (tertiary alicyclic amines) is 1. The van der Waals surface area contributed by atoms with Crippen LogP contribution in [0.2, 0.25) is 5.02 Å². The summed E-state index contributed by atoms with van der Waals surface area (Å²) in [5.41, 5.74) is 2.61. The van der Waals surface area contributed by atoms with Crippen LogP contribution < -0.4 is 5.32 Å². The van der Waals surface area contributed by atoms with Crippen LogP contribution in [0.5, 0.6) is 0 Å². The molecular weight excluding hydrogens is 276 g/mol. The summed E-state index contributed by atoms with van der Waals surface area (Å²) in [6, 6.07) is 3.78. The molecule has 0 radical (unpaired) electrons. The number of piperidine rings is 1. The summed E-state index contributed by atoms with van der Waals surface area (Å²) in [5, 5.41) is 3.34. The molecule has 0 saturated carbocycles. The highest BCUT2D eigenvalue weighted by molar-refractivity contribution is 6.34. The first-order valence-corrected chi connectivity index (χ1v) is 7.19. The molecule has 1 N–H and O–H groups in total. The maximum absolute atomic E-state index is 12.1. The molecule has 1 aliphatic heterocycles. The molecule has 0 aliphatic carbocycles. The van der Waals surface area contributed by atoms with Crippen molar-refractivity contribution in [2.45, 2.75) is 33.1 Å². The standard InChI is InChI=1S/C15H19ClN2O2/c1-10-7-11(2)15(12(16)8-10)17-13(19)9-18-6-4-3-5-14(18)20/h7-8H,3-6,9H2,1-2H3,(H,17,19). The summed E-state index contributed by atoms with van der Waals surface area (Å²) < 4.78 is 0. The average molecular weight is 295 g/mol. The van der Waals surface area contributed by atoms with Gasteiger partial charge >= 0.3 is 0 Å². The number of halogens is 1. The van der Waals surface area contributed by atoms with Gasteiger partial charge in [0.1, 0.15) is 0 Å². The number of benzene rings is 1. The van der Waals surface area contributed by atoms with E-state index in [2.05, 4.69) is 5.32 Å². The van der Waals surface area contributed by atoms with Crippen molar-refractivity contribution in [2.75, 3.05) is 18.4 Å². The normalized spacial score (nSPS) is 15.3. The SMILES string of the molecule is Cc1cc(C)c(NC(=O)CN2CCCCC2=O)c(Cl)c1. The second kappa shape index (κ2) is 6.27. The van der Waals surface area contributed by atoms with Crippen LogP contribution in [0.3, 0.4) is 0 Å². The van der Waals surface area contributed by atoms with Gasteiger partial charge in [0.25, 0.3) is 0 Å². The molecule has 1 aliphatic rings. The molecule has 1 aromatic rings. The Bertz CT molecular complexity index is 520. The quantitative estimate of drug-likeness (QED) is 0.932. The molecule has 0 spiro atoms. The number of carbonyl (C=O) groups is 2. The van der Waals surface area contributed by atoms with Crippen LogP contribution in [0, 0.1) is 13.8 Å². The summed E-state index contributed by atoms with van der Waals surface area (Å²) in [6.45, 7) is 4.62. The van der Waals surface area contributed by atoms with Crippen molar-refractivity contribution in [1.29, 1.82) is 0 Å². The number of carbonyl (C=O) groups excluding carboxylic acids is 2. The van der Waals surface area contributed by atoms with Gasteiger partial charge in [-0.2, -0.15) is 0 Å². The van der Waals surface area contributed by atoms with Crippen LogP contribution in [-0.4, -0.2) is 29.8 Å². The summed E-state index contributed by atoms with van der Waals surface area (Å²) >= 11 is 6.16. The highest BCUT2D eigenvalue weighted by Crippen LogP contribution is 2.27. The van der Waals surface area contributed by atoms with E-state index in [4.69, 9.17) is 11.6 Å². The molecule has 1 aromatic carbocycles. The molecule has 5 heteroatoms. The van der Waals surface area contributed by atoms with Crippen molar-refractivity contribution in [1.82, 2.24) is 4.90 Å². The molecule has 0 aromatic heterocycles. The number of nitrogens with one attached hydrogen (secondary N) is 1. The van der Waals surface area contributed by atoms with Crippen LogP contribution in [0.25, 0.3) is 0 Å². The molecule has 20 heavy (non-hydrogen) atoms. The first kappa shape index (κ1) is 14.9. The Morgan fingerprint density at radius 2 is 2.10 bits per heavy atom. The van der Waals surface area contributed by atoms with E-state index in [0.29, 0.717) is 23.7 Å². The Morgan fingerprint density at radius 3 is 2.75 bits per heavy atom. The van der Waals surface area contributed by atoms with E-state index in [0.717, 1.165) is 24.0 Å². The topological polar surface area (TPSA) is 49.4 Å². The van der Waals surface area contributed by atoms with Gasteiger partial charge in [-0.25, -0.2) is 0 Å². The lowest BCUT2D eigenvalue weighted by atomic mass is 10.1. The maximum Gasteiger partial charge on any atom is 0.244 e. The zero-order valence-corrected chi connectivity index (χ0v) is 12.6. The number of nitrogens with zero attached hydrogens (tertiary/aromatic N) is 1. The number of rotatable bonds is 3. The van der Waals surface area contributed by atoms with E-state index in [9.17, 15) is 9.59 Å². The molecule has 2 rings (SSSR count). The first-order chi connectivity index (χ1) is 9.47. The predicted octanol–water partition coefficient (Wildman–Crippen LogP) is 2.91. The second-order valence-corrected chi connectivity index (χ2v) is 5.67. The Hall–Kier alpha value is -1.55. The molecule has 2 amide bonds. The lowest BCUT2D eigenvalue weighted by Crippen LogP contribution is -2.40. The van der Waals surface area contributed by atoms with Crippen LogP contribution in [0.15, 0.2) is 12.1 Å². The number of anilines is 1. The molecule has 1 heterocycles. The van der Waals surface area contributed by atoms with Crippen molar-refractivity contribution in [2.24, 2.45) is 0 Å². The van der Waals surface area contributed by atoms with Crippen molar-refractivity contribution in [3.05, 3.63) is 28.3 Å². The first-order valence-electron chi connectivity index (χ1n) is 6.82. The number of aryl methyl sites for hydroxylation is 2. The maximum atomic E-state index is 12.1. The third kappa shape index (κ3) is 3.51. The molecule has 108 valence electrons. The van der Waals surface area contributed by atoms with E-state index in [-0.39, 0.29) is 18.4 Å². The minimum atomic E-state index is -0.200. The van der Waals surface area contributed by atoms with Gasteiger partial charge in [-0.05, 0) is 43.9 Å². The van der Waals surface area contributed by atoms with Gasteiger partial charge in [0.05, 0.1) is 17.3 Å². The van der Waals surface area contributed by atoms with E-state index >= 15 is 0 Å². The van der Waals surface area contributed by atoms with Gasteiger partial charge in [-0.15, -0.1) is 0 Å². The van der Waals surface area contributed by atoms with Crippen LogP contribution >= 0.6 is 11.6 Å². The van der Waals surface area contributed by atoms with Crippen molar-refractivity contribution >= 4 is 29.1 Å². The van der Waals surface area contributed by atoms with Crippen molar-refractivity contribution < 1.29 is 9.59 Å². The largest absolute Gasteiger partial charge is 0.333 e. The number of hydrogen-bond donors (Lipinski definition) is 1. The predicted molar refractivity (Wildman–Crippen MR) is 80.0 cm³/mol. The Kier molecular flexibility index (Phi) is 4.65. The summed E-state index contributed by atoms with van der Waals surface area (Å²) in [6.07, 6.45) is 2.42. The minimum Gasteiger partial charge on any atom is -0.333 e. The van der Waals surface area contributed by atoms with E-state index in [1.807, 2.05) is 26.0 Å². The van der Waals surface area contributed by atoms with Gasteiger partial charge in [0, 0.05) is 13.0 Å². The van der Waals surface area contributed by atoms with E-state index in [1.165, 1.54) is 0 Å². The monoisotopic (exact) mass is 294 g/mol. The third-order valence-electron chi connectivity index (χ3n) is 3.45. The van der Waals surface area contributed by atoms with E-state index < -0.39 is 0 Å².